The molecule has 0 saturated carbocycles. The summed E-state index contributed by atoms with van der Waals surface area (Å²) in [5, 5.41) is 2.81. The topological polar surface area (TPSA) is 62.6 Å². The molecule has 22 heavy (non-hydrogen) atoms. The minimum absolute atomic E-state index is 0.01000. The summed E-state index contributed by atoms with van der Waals surface area (Å²) in [4.78, 5) is 26.3. The maximum Gasteiger partial charge on any atom is 0.252 e. The van der Waals surface area contributed by atoms with Crippen molar-refractivity contribution in [2.45, 2.75) is 11.4 Å². The quantitative estimate of drug-likeness (QED) is 0.831. The van der Waals surface area contributed by atoms with Crippen LogP contribution in [0.1, 0.15) is 16.1 Å². The molecule has 0 aliphatic heterocycles. The van der Waals surface area contributed by atoms with Crippen LogP contribution in [0.4, 0.5) is 0 Å². The fourth-order valence-corrected chi connectivity index (χ4v) is 2.75. The van der Waals surface area contributed by atoms with Gasteiger partial charge in [-0.2, -0.15) is 0 Å². The number of furan rings is 1. The van der Waals surface area contributed by atoms with Gasteiger partial charge >= 0.3 is 0 Å². The molecule has 0 aliphatic carbocycles. The summed E-state index contributed by atoms with van der Waals surface area (Å²) < 4.78 is 5.19. The highest BCUT2D eigenvalue weighted by molar-refractivity contribution is 8.00. The van der Waals surface area contributed by atoms with E-state index in [2.05, 4.69) is 5.32 Å². The SMILES string of the molecule is CN(C)C(=O)CSc1ccccc1C(=O)NCc1ccco1. The van der Waals surface area contributed by atoms with Gasteiger partial charge in [0.15, 0.2) is 0 Å². The van der Waals surface area contributed by atoms with E-state index in [0.717, 1.165) is 4.90 Å². The summed E-state index contributed by atoms with van der Waals surface area (Å²) >= 11 is 1.36. The Bertz CT molecular complexity index is 639. The van der Waals surface area contributed by atoms with Gasteiger partial charge in [-0.05, 0) is 24.3 Å². The van der Waals surface area contributed by atoms with Crippen molar-refractivity contribution in [3.63, 3.8) is 0 Å². The van der Waals surface area contributed by atoms with E-state index in [4.69, 9.17) is 4.42 Å². The highest BCUT2D eigenvalue weighted by Gasteiger charge is 2.13. The summed E-state index contributed by atoms with van der Waals surface area (Å²) in [6.07, 6.45) is 1.57. The van der Waals surface area contributed by atoms with Crippen LogP contribution in [0.15, 0.2) is 52.0 Å². The van der Waals surface area contributed by atoms with Gasteiger partial charge in [-0.3, -0.25) is 9.59 Å². The van der Waals surface area contributed by atoms with Gasteiger partial charge < -0.3 is 14.6 Å². The number of carbonyl (C=O) groups excluding carboxylic acids is 2. The van der Waals surface area contributed by atoms with Gasteiger partial charge in [-0.25, -0.2) is 0 Å². The number of hydrogen-bond donors (Lipinski definition) is 1. The fraction of sp³-hybridized carbons (Fsp3) is 0.250. The average Bonchev–Trinajstić information content (AvgIpc) is 3.03. The largest absolute Gasteiger partial charge is 0.467 e. The molecule has 6 heteroatoms. The lowest BCUT2D eigenvalue weighted by Crippen LogP contribution is -2.24. The third-order valence-corrected chi connectivity index (χ3v) is 4.04. The summed E-state index contributed by atoms with van der Waals surface area (Å²) in [5.41, 5.74) is 0.561. The predicted molar refractivity (Wildman–Crippen MR) is 85.7 cm³/mol. The lowest BCUT2D eigenvalue weighted by atomic mass is 10.2. The van der Waals surface area contributed by atoms with Crippen LogP contribution in [-0.4, -0.2) is 36.6 Å². The molecule has 0 bridgehead atoms. The van der Waals surface area contributed by atoms with Crippen LogP contribution in [0, 0.1) is 0 Å². The minimum atomic E-state index is -0.184. The van der Waals surface area contributed by atoms with Crippen molar-refractivity contribution >= 4 is 23.6 Å². The van der Waals surface area contributed by atoms with Crippen molar-refractivity contribution in [1.82, 2.24) is 10.2 Å². The van der Waals surface area contributed by atoms with Crippen molar-refractivity contribution in [3.05, 3.63) is 54.0 Å². The van der Waals surface area contributed by atoms with Gasteiger partial charge in [-0.15, -0.1) is 11.8 Å². The molecule has 0 fully saturated rings. The van der Waals surface area contributed by atoms with E-state index in [-0.39, 0.29) is 11.8 Å². The first-order valence-electron chi connectivity index (χ1n) is 6.80. The van der Waals surface area contributed by atoms with Crippen LogP contribution in [0.3, 0.4) is 0 Å². The molecule has 0 radical (unpaired) electrons. The van der Waals surface area contributed by atoms with Gasteiger partial charge in [0, 0.05) is 19.0 Å². The number of amides is 2. The monoisotopic (exact) mass is 318 g/mol. The minimum Gasteiger partial charge on any atom is -0.467 e. The number of benzene rings is 1. The second-order valence-electron chi connectivity index (χ2n) is 4.84. The normalized spacial score (nSPS) is 10.3. The van der Waals surface area contributed by atoms with E-state index in [1.165, 1.54) is 16.7 Å². The average molecular weight is 318 g/mol. The van der Waals surface area contributed by atoms with Crippen molar-refractivity contribution < 1.29 is 14.0 Å². The molecule has 5 nitrogen and oxygen atoms in total. The molecular formula is C16H18N2O3S. The third kappa shape index (κ3) is 4.39. The first kappa shape index (κ1) is 16.2. The summed E-state index contributed by atoms with van der Waals surface area (Å²) in [6, 6.07) is 10.8. The highest BCUT2D eigenvalue weighted by Crippen LogP contribution is 2.23. The summed E-state index contributed by atoms with van der Waals surface area (Å²) in [6.45, 7) is 0.335. The van der Waals surface area contributed by atoms with Gasteiger partial charge in [-0.1, -0.05) is 12.1 Å². The fourth-order valence-electron chi connectivity index (χ4n) is 1.72. The molecule has 1 aromatic carbocycles. The molecule has 2 rings (SSSR count). The number of nitrogens with zero attached hydrogens (tertiary/aromatic N) is 1. The van der Waals surface area contributed by atoms with Crippen molar-refractivity contribution in [3.8, 4) is 0 Å². The Kier molecular flexibility index (Phi) is 5.66. The van der Waals surface area contributed by atoms with E-state index in [1.54, 1.807) is 44.6 Å². The smallest absolute Gasteiger partial charge is 0.252 e. The molecule has 2 aromatic rings. The molecule has 1 N–H and O–H groups in total. The van der Waals surface area contributed by atoms with Gasteiger partial charge in [0.25, 0.3) is 5.91 Å². The molecule has 0 spiro atoms. The maximum absolute atomic E-state index is 12.3. The van der Waals surface area contributed by atoms with Crippen LogP contribution >= 0.6 is 11.8 Å². The van der Waals surface area contributed by atoms with E-state index >= 15 is 0 Å². The van der Waals surface area contributed by atoms with Crippen LogP contribution < -0.4 is 5.32 Å². The van der Waals surface area contributed by atoms with Crippen LogP contribution in [0.25, 0.3) is 0 Å². The molecule has 1 heterocycles. The predicted octanol–water partition coefficient (Wildman–Crippen LogP) is 2.39. The lowest BCUT2D eigenvalue weighted by molar-refractivity contribution is -0.125. The lowest BCUT2D eigenvalue weighted by Gasteiger charge is -2.12. The first-order chi connectivity index (χ1) is 10.6. The number of thioether (sulfide) groups is 1. The highest BCUT2D eigenvalue weighted by atomic mass is 32.2. The Hall–Kier alpha value is -2.21. The summed E-state index contributed by atoms with van der Waals surface area (Å²) in [5.74, 6) is 0.823. The molecule has 0 unspecified atom stereocenters. The molecule has 0 aliphatic rings. The summed E-state index contributed by atoms with van der Waals surface area (Å²) in [7, 11) is 3.43. The van der Waals surface area contributed by atoms with E-state index in [9.17, 15) is 9.59 Å². The van der Waals surface area contributed by atoms with Crippen LogP contribution in [0.5, 0.6) is 0 Å². The van der Waals surface area contributed by atoms with Gasteiger partial charge in [0.2, 0.25) is 5.91 Å². The van der Waals surface area contributed by atoms with E-state index in [0.29, 0.717) is 23.6 Å². The van der Waals surface area contributed by atoms with Gasteiger partial charge in [0.05, 0.1) is 24.1 Å². The van der Waals surface area contributed by atoms with Crippen LogP contribution in [0.2, 0.25) is 0 Å². The zero-order valence-electron chi connectivity index (χ0n) is 12.5. The van der Waals surface area contributed by atoms with Crippen molar-refractivity contribution in [2.75, 3.05) is 19.8 Å². The van der Waals surface area contributed by atoms with Crippen molar-refractivity contribution in [2.24, 2.45) is 0 Å². The molecule has 2 amide bonds. The van der Waals surface area contributed by atoms with E-state index in [1.807, 2.05) is 12.1 Å². The number of hydrogen-bond acceptors (Lipinski definition) is 4. The zero-order valence-corrected chi connectivity index (χ0v) is 13.4. The van der Waals surface area contributed by atoms with Crippen LogP contribution in [-0.2, 0) is 11.3 Å². The molecule has 0 saturated heterocycles. The van der Waals surface area contributed by atoms with Gasteiger partial charge in [0.1, 0.15) is 5.76 Å². The third-order valence-electron chi connectivity index (χ3n) is 2.98. The van der Waals surface area contributed by atoms with E-state index < -0.39 is 0 Å². The number of nitrogens with one attached hydrogen (secondary N) is 1. The second kappa shape index (κ2) is 7.70. The van der Waals surface area contributed by atoms with Crippen molar-refractivity contribution in [1.29, 1.82) is 0 Å². The zero-order chi connectivity index (χ0) is 15.9. The molecular weight excluding hydrogens is 300 g/mol. The Labute approximate surface area is 133 Å². The molecule has 116 valence electrons. The molecule has 1 aromatic heterocycles. The standard InChI is InChI=1S/C16H18N2O3S/c1-18(2)15(19)11-22-14-8-4-3-7-13(14)16(20)17-10-12-6-5-9-21-12/h3-9H,10-11H2,1-2H3,(H,17,20). The Balaban J connectivity index is 2.00. The Morgan fingerprint density at radius 1 is 1.18 bits per heavy atom. The Morgan fingerprint density at radius 3 is 2.64 bits per heavy atom. The Morgan fingerprint density at radius 2 is 1.95 bits per heavy atom. The number of rotatable bonds is 6. The molecule has 0 atom stereocenters. The second-order valence-corrected chi connectivity index (χ2v) is 5.85. The maximum atomic E-state index is 12.3. The number of carbonyl (C=O) groups is 2. The first-order valence-corrected chi connectivity index (χ1v) is 7.79.